The Labute approximate surface area is 159 Å². The number of hydrogen-bond acceptors (Lipinski definition) is 5. The Morgan fingerprint density at radius 3 is 2.30 bits per heavy atom. The molecule has 8 nitrogen and oxygen atoms in total. The normalized spacial score (nSPS) is 12.3. The molecule has 0 aliphatic rings. The smallest absolute Gasteiger partial charge is 0.408 e. The Bertz CT molecular complexity index is 694. The second-order valence-electron chi connectivity index (χ2n) is 7.51. The molecular formula is C19H28N2O6. The van der Waals surface area contributed by atoms with Gasteiger partial charge in [-0.1, -0.05) is 19.9 Å². The van der Waals surface area contributed by atoms with E-state index in [1.807, 2.05) is 13.8 Å². The SMILES string of the molecule is COc1cccc(NC(=O)C(CC(C)C)NC(=O)OC(C)(C)C)c1C(=O)O. The van der Waals surface area contributed by atoms with E-state index in [2.05, 4.69) is 10.6 Å². The first-order chi connectivity index (χ1) is 12.4. The summed E-state index contributed by atoms with van der Waals surface area (Å²) in [6.07, 6.45) is -0.357. The molecular weight excluding hydrogens is 352 g/mol. The lowest BCUT2D eigenvalue weighted by atomic mass is 10.0. The van der Waals surface area contributed by atoms with Gasteiger partial charge >= 0.3 is 12.1 Å². The van der Waals surface area contributed by atoms with Crippen LogP contribution in [-0.4, -0.2) is 41.8 Å². The van der Waals surface area contributed by atoms with Gasteiger partial charge in [-0.2, -0.15) is 0 Å². The van der Waals surface area contributed by atoms with Crippen molar-refractivity contribution in [3.8, 4) is 5.75 Å². The van der Waals surface area contributed by atoms with Crippen LogP contribution in [0.25, 0.3) is 0 Å². The molecule has 8 heteroatoms. The zero-order valence-electron chi connectivity index (χ0n) is 16.6. The van der Waals surface area contributed by atoms with Crippen molar-refractivity contribution in [3.05, 3.63) is 23.8 Å². The number of carboxylic acid groups (broad SMARTS) is 1. The first-order valence-electron chi connectivity index (χ1n) is 8.65. The van der Waals surface area contributed by atoms with Crippen LogP contribution >= 0.6 is 0 Å². The van der Waals surface area contributed by atoms with Gasteiger partial charge in [0.15, 0.2) is 0 Å². The lowest BCUT2D eigenvalue weighted by Crippen LogP contribution is -2.46. The molecule has 0 spiro atoms. The maximum Gasteiger partial charge on any atom is 0.408 e. The third kappa shape index (κ3) is 7.16. The van der Waals surface area contributed by atoms with Gasteiger partial charge in [0.25, 0.3) is 0 Å². The molecule has 0 aromatic heterocycles. The highest BCUT2D eigenvalue weighted by atomic mass is 16.6. The molecule has 0 aliphatic carbocycles. The van der Waals surface area contributed by atoms with Crippen molar-refractivity contribution < 1.29 is 29.0 Å². The summed E-state index contributed by atoms with van der Waals surface area (Å²) < 4.78 is 10.3. The number of benzene rings is 1. The molecule has 0 radical (unpaired) electrons. The van der Waals surface area contributed by atoms with E-state index in [4.69, 9.17) is 9.47 Å². The van der Waals surface area contributed by atoms with Gasteiger partial charge in [-0.15, -0.1) is 0 Å². The van der Waals surface area contributed by atoms with Gasteiger partial charge in [0.2, 0.25) is 5.91 Å². The maximum atomic E-state index is 12.7. The standard InChI is InChI=1S/C19H28N2O6/c1-11(2)10-13(21-18(25)27-19(3,4)5)16(22)20-12-8-7-9-14(26-6)15(12)17(23)24/h7-9,11,13H,10H2,1-6H3,(H,20,22)(H,21,25)(H,23,24). The minimum atomic E-state index is -1.23. The quantitative estimate of drug-likeness (QED) is 0.669. The summed E-state index contributed by atoms with van der Waals surface area (Å²) in [4.78, 5) is 36.3. The van der Waals surface area contributed by atoms with E-state index < -0.39 is 29.6 Å². The van der Waals surface area contributed by atoms with E-state index in [9.17, 15) is 19.5 Å². The Balaban J connectivity index is 3.04. The van der Waals surface area contributed by atoms with Crippen molar-refractivity contribution in [3.63, 3.8) is 0 Å². The van der Waals surface area contributed by atoms with Gasteiger partial charge in [0.05, 0.1) is 12.8 Å². The summed E-state index contributed by atoms with van der Waals surface area (Å²) in [5.41, 5.74) is -0.771. The first-order valence-corrected chi connectivity index (χ1v) is 8.65. The monoisotopic (exact) mass is 380 g/mol. The van der Waals surface area contributed by atoms with Crippen molar-refractivity contribution in [2.45, 2.75) is 52.7 Å². The second kappa shape index (κ2) is 9.25. The third-order valence-corrected chi connectivity index (χ3v) is 3.43. The van der Waals surface area contributed by atoms with Gasteiger partial charge in [0, 0.05) is 0 Å². The molecule has 150 valence electrons. The number of alkyl carbamates (subject to hydrolysis) is 1. The highest BCUT2D eigenvalue weighted by molar-refractivity contribution is 6.04. The Kier molecular flexibility index (Phi) is 7.63. The summed E-state index contributed by atoms with van der Waals surface area (Å²) in [5, 5.41) is 14.5. The number of ether oxygens (including phenoxy) is 2. The molecule has 1 atom stereocenters. The molecule has 3 N–H and O–H groups in total. The Hall–Kier alpha value is -2.77. The number of anilines is 1. The summed E-state index contributed by atoms with van der Waals surface area (Å²) in [6.45, 7) is 8.98. The molecule has 0 saturated heterocycles. The number of carbonyl (C=O) groups is 3. The second-order valence-corrected chi connectivity index (χ2v) is 7.51. The fourth-order valence-corrected chi connectivity index (χ4v) is 2.40. The lowest BCUT2D eigenvalue weighted by molar-refractivity contribution is -0.118. The predicted molar refractivity (Wildman–Crippen MR) is 101 cm³/mol. The number of rotatable bonds is 7. The number of carboxylic acids is 1. The molecule has 0 saturated carbocycles. The van der Waals surface area contributed by atoms with Crippen LogP contribution in [0.3, 0.4) is 0 Å². The molecule has 1 aromatic carbocycles. The Morgan fingerprint density at radius 1 is 1.19 bits per heavy atom. The molecule has 1 rings (SSSR count). The molecule has 1 aromatic rings. The zero-order chi connectivity index (χ0) is 20.8. The van der Waals surface area contributed by atoms with Crippen LogP contribution in [-0.2, 0) is 9.53 Å². The average Bonchev–Trinajstić information content (AvgIpc) is 2.51. The third-order valence-electron chi connectivity index (χ3n) is 3.43. The van der Waals surface area contributed by atoms with Gasteiger partial charge in [-0.05, 0) is 45.2 Å². The minimum Gasteiger partial charge on any atom is -0.496 e. The molecule has 0 aliphatic heterocycles. The average molecular weight is 380 g/mol. The number of aromatic carboxylic acids is 1. The van der Waals surface area contributed by atoms with Crippen LogP contribution in [0.5, 0.6) is 5.75 Å². The summed E-state index contributed by atoms with van der Waals surface area (Å²) in [7, 11) is 1.35. The molecule has 27 heavy (non-hydrogen) atoms. The number of hydrogen-bond donors (Lipinski definition) is 3. The predicted octanol–water partition coefficient (Wildman–Crippen LogP) is 3.27. The largest absolute Gasteiger partial charge is 0.496 e. The summed E-state index contributed by atoms with van der Waals surface area (Å²) >= 11 is 0. The number of amides is 2. The highest BCUT2D eigenvalue weighted by Gasteiger charge is 2.27. The first kappa shape index (κ1) is 22.3. The maximum absolute atomic E-state index is 12.7. The van der Waals surface area contributed by atoms with E-state index in [0.717, 1.165) is 0 Å². The van der Waals surface area contributed by atoms with Gasteiger partial charge in [-0.3, -0.25) is 4.79 Å². The Morgan fingerprint density at radius 2 is 1.81 bits per heavy atom. The van der Waals surface area contributed by atoms with E-state index in [1.54, 1.807) is 26.8 Å². The minimum absolute atomic E-state index is 0.0894. The van der Waals surface area contributed by atoms with Gasteiger partial charge in [0.1, 0.15) is 23.0 Å². The molecule has 0 heterocycles. The molecule has 0 fully saturated rings. The van der Waals surface area contributed by atoms with Crippen molar-refractivity contribution in [2.75, 3.05) is 12.4 Å². The van der Waals surface area contributed by atoms with Gasteiger partial charge < -0.3 is 25.2 Å². The van der Waals surface area contributed by atoms with Crippen molar-refractivity contribution >= 4 is 23.7 Å². The van der Waals surface area contributed by atoms with Crippen LogP contribution in [0.15, 0.2) is 18.2 Å². The topological polar surface area (TPSA) is 114 Å². The fraction of sp³-hybridized carbons (Fsp3) is 0.526. The lowest BCUT2D eigenvalue weighted by Gasteiger charge is -2.24. The van der Waals surface area contributed by atoms with Crippen LogP contribution in [0.1, 0.15) is 51.4 Å². The van der Waals surface area contributed by atoms with Crippen LogP contribution < -0.4 is 15.4 Å². The van der Waals surface area contributed by atoms with E-state index in [-0.39, 0.29) is 22.9 Å². The molecule has 1 unspecified atom stereocenters. The summed E-state index contributed by atoms with van der Waals surface area (Å²) in [5.74, 6) is -1.53. The van der Waals surface area contributed by atoms with Crippen LogP contribution in [0, 0.1) is 5.92 Å². The van der Waals surface area contributed by atoms with Crippen molar-refractivity contribution in [1.29, 1.82) is 0 Å². The van der Waals surface area contributed by atoms with E-state index in [0.29, 0.717) is 6.42 Å². The fourth-order valence-electron chi connectivity index (χ4n) is 2.40. The number of nitrogens with one attached hydrogen (secondary N) is 2. The van der Waals surface area contributed by atoms with E-state index in [1.165, 1.54) is 19.2 Å². The molecule has 2 amide bonds. The van der Waals surface area contributed by atoms with Crippen LogP contribution in [0.4, 0.5) is 10.5 Å². The van der Waals surface area contributed by atoms with Crippen molar-refractivity contribution in [1.82, 2.24) is 5.32 Å². The zero-order valence-corrected chi connectivity index (χ0v) is 16.6. The molecule has 0 bridgehead atoms. The van der Waals surface area contributed by atoms with E-state index >= 15 is 0 Å². The van der Waals surface area contributed by atoms with Crippen LogP contribution in [0.2, 0.25) is 0 Å². The van der Waals surface area contributed by atoms with Gasteiger partial charge in [-0.25, -0.2) is 9.59 Å². The highest BCUT2D eigenvalue weighted by Crippen LogP contribution is 2.26. The summed E-state index contributed by atoms with van der Waals surface area (Å²) in [6, 6.07) is 3.64. The number of carbonyl (C=O) groups excluding carboxylic acids is 2. The number of methoxy groups -OCH3 is 1. The van der Waals surface area contributed by atoms with Crippen molar-refractivity contribution in [2.24, 2.45) is 5.92 Å².